The molecular weight excluding hydrogens is 198 g/mol. The number of nitriles is 1. The van der Waals surface area contributed by atoms with Gasteiger partial charge in [-0.05, 0) is 0 Å². The minimum absolute atomic E-state index is 0.778. The van der Waals surface area contributed by atoms with Crippen LogP contribution in [0.4, 0.5) is 0 Å². The normalized spacial score (nSPS) is 19.7. The van der Waals surface area contributed by atoms with Gasteiger partial charge in [0.2, 0.25) is 0 Å². The van der Waals surface area contributed by atoms with E-state index in [1.54, 1.807) is 6.07 Å². The Morgan fingerprint density at radius 2 is 0.800 bits per heavy atom. The summed E-state index contributed by atoms with van der Waals surface area (Å²) in [6, 6.07) is 1.75. The largest absolute Gasteiger partial charge is 0.377 e. The molecule has 2 fully saturated rings. The van der Waals surface area contributed by atoms with Crippen LogP contribution in [0.2, 0.25) is 0 Å². The van der Waals surface area contributed by atoms with E-state index in [0.29, 0.717) is 0 Å². The van der Waals surface area contributed by atoms with Crippen molar-refractivity contribution in [1.82, 2.24) is 0 Å². The molecule has 15 heavy (non-hydrogen) atoms. The molecule has 0 aromatic carbocycles. The second-order valence-electron chi connectivity index (χ2n) is 2.67. The van der Waals surface area contributed by atoms with Gasteiger partial charge >= 0.3 is 0 Å². The predicted octanol–water partition coefficient (Wildman–Crippen LogP) is 0.596. The van der Waals surface area contributed by atoms with Crippen molar-refractivity contribution < 1.29 is 18.9 Å². The Morgan fingerprint density at radius 1 is 0.667 bits per heavy atom. The first kappa shape index (κ1) is 14.3. The van der Waals surface area contributed by atoms with Crippen molar-refractivity contribution in [3.05, 3.63) is 0 Å². The maximum Gasteiger partial charge on any atom is 0.0701 e. The van der Waals surface area contributed by atoms with Gasteiger partial charge in [0, 0.05) is 6.92 Å². The number of hydrogen-bond donors (Lipinski definition) is 0. The smallest absolute Gasteiger partial charge is 0.0701 e. The lowest BCUT2D eigenvalue weighted by atomic mass is 10.6. The maximum absolute atomic E-state index is 7.32. The molecule has 5 heteroatoms. The van der Waals surface area contributed by atoms with Crippen molar-refractivity contribution in [3.63, 3.8) is 0 Å². The summed E-state index contributed by atoms with van der Waals surface area (Å²) in [5, 5.41) is 7.32. The quantitative estimate of drug-likeness (QED) is 0.594. The zero-order valence-corrected chi connectivity index (χ0v) is 9.24. The molecule has 0 bridgehead atoms. The summed E-state index contributed by atoms with van der Waals surface area (Å²) in [5.74, 6) is 0. The summed E-state index contributed by atoms with van der Waals surface area (Å²) in [4.78, 5) is 0. The van der Waals surface area contributed by atoms with Crippen molar-refractivity contribution in [3.8, 4) is 6.07 Å². The Hall–Kier alpha value is -0.670. The molecule has 0 spiro atoms. The maximum atomic E-state index is 7.32. The number of rotatable bonds is 0. The second-order valence-corrected chi connectivity index (χ2v) is 2.67. The van der Waals surface area contributed by atoms with E-state index in [2.05, 4.69) is 0 Å². The van der Waals surface area contributed by atoms with E-state index in [9.17, 15) is 0 Å². The molecule has 0 aromatic heterocycles. The molecule has 0 N–H and O–H groups in total. The fourth-order valence-electron chi connectivity index (χ4n) is 0.880. The van der Waals surface area contributed by atoms with Crippen LogP contribution in [0.1, 0.15) is 6.92 Å². The molecule has 88 valence electrons. The first-order valence-corrected chi connectivity index (χ1v) is 5.03. The van der Waals surface area contributed by atoms with Crippen LogP contribution in [-0.2, 0) is 18.9 Å². The van der Waals surface area contributed by atoms with Gasteiger partial charge in [0.25, 0.3) is 0 Å². The van der Waals surface area contributed by atoms with Gasteiger partial charge in [-0.3, -0.25) is 0 Å². The molecule has 0 radical (unpaired) electrons. The Morgan fingerprint density at radius 3 is 0.867 bits per heavy atom. The molecule has 2 heterocycles. The Labute approximate surface area is 90.9 Å². The minimum Gasteiger partial charge on any atom is -0.377 e. The molecule has 0 aliphatic carbocycles. The lowest BCUT2D eigenvalue weighted by Gasteiger charge is -2.09. The second kappa shape index (κ2) is 13.3. The average molecular weight is 217 g/mol. The van der Waals surface area contributed by atoms with Crippen LogP contribution < -0.4 is 0 Å². The first-order chi connectivity index (χ1) is 7.41. The van der Waals surface area contributed by atoms with E-state index in [4.69, 9.17) is 24.2 Å². The third-order valence-electron chi connectivity index (χ3n) is 1.49. The SMILES string of the molecule is C1COCCO1.C1COCCO1.CC#N. The fourth-order valence-corrected chi connectivity index (χ4v) is 0.880. The number of nitrogens with zero attached hydrogens (tertiary/aromatic N) is 1. The predicted molar refractivity (Wildman–Crippen MR) is 54.6 cm³/mol. The van der Waals surface area contributed by atoms with Crippen LogP contribution in [0, 0.1) is 11.3 Å². The van der Waals surface area contributed by atoms with Crippen LogP contribution in [0.3, 0.4) is 0 Å². The van der Waals surface area contributed by atoms with E-state index in [-0.39, 0.29) is 0 Å². The Bertz CT molecular complexity index is 115. The number of ether oxygens (including phenoxy) is 4. The van der Waals surface area contributed by atoms with Crippen molar-refractivity contribution in [2.45, 2.75) is 6.92 Å². The van der Waals surface area contributed by atoms with E-state index in [1.807, 2.05) is 0 Å². The first-order valence-electron chi connectivity index (χ1n) is 5.03. The topological polar surface area (TPSA) is 60.7 Å². The summed E-state index contributed by atoms with van der Waals surface area (Å²) in [6.07, 6.45) is 0. The van der Waals surface area contributed by atoms with Crippen LogP contribution in [0.15, 0.2) is 0 Å². The minimum atomic E-state index is 0.778. The zero-order valence-electron chi connectivity index (χ0n) is 9.24. The molecule has 0 aromatic rings. The van der Waals surface area contributed by atoms with Gasteiger partial charge < -0.3 is 18.9 Å². The highest BCUT2D eigenvalue weighted by atomic mass is 16.6. The highest BCUT2D eigenvalue weighted by molar-refractivity contribution is 4.51. The van der Waals surface area contributed by atoms with Crippen molar-refractivity contribution in [2.24, 2.45) is 0 Å². The van der Waals surface area contributed by atoms with Gasteiger partial charge in [-0.2, -0.15) is 5.26 Å². The molecule has 2 aliphatic heterocycles. The summed E-state index contributed by atoms with van der Waals surface area (Å²) in [6.45, 7) is 7.65. The monoisotopic (exact) mass is 217 g/mol. The van der Waals surface area contributed by atoms with Gasteiger partial charge in [-0.15, -0.1) is 0 Å². The van der Waals surface area contributed by atoms with E-state index < -0.39 is 0 Å². The van der Waals surface area contributed by atoms with Crippen LogP contribution >= 0.6 is 0 Å². The molecule has 0 saturated carbocycles. The molecule has 2 aliphatic rings. The molecule has 2 saturated heterocycles. The Kier molecular flexibility index (Phi) is 12.7. The van der Waals surface area contributed by atoms with Crippen molar-refractivity contribution in [2.75, 3.05) is 52.9 Å². The summed E-state index contributed by atoms with van der Waals surface area (Å²) < 4.78 is 19.8. The fraction of sp³-hybridized carbons (Fsp3) is 0.900. The molecule has 0 atom stereocenters. The van der Waals surface area contributed by atoms with Crippen molar-refractivity contribution >= 4 is 0 Å². The average Bonchev–Trinajstić information content (AvgIpc) is 2.35. The molecule has 2 rings (SSSR count). The van der Waals surface area contributed by atoms with Gasteiger partial charge in [0.1, 0.15) is 0 Å². The summed E-state index contributed by atoms with van der Waals surface area (Å²) in [5.41, 5.74) is 0. The van der Waals surface area contributed by atoms with E-state index >= 15 is 0 Å². The zero-order chi connectivity index (χ0) is 11.2. The summed E-state index contributed by atoms with van der Waals surface area (Å²) in [7, 11) is 0. The van der Waals surface area contributed by atoms with Gasteiger partial charge in [-0.25, -0.2) is 0 Å². The molecule has 5 nitrogen and oxygen atoms in total. The van der Waals surface area contributed by atoms with Crippen LogP contribution in [-0.4, -0.2) is 52.9 Å². The third-order valence-corrected chi connectivity index (χ3v) is 1.49. The molecular formula is C10H19NO4. The lowest BCUT2D eigenvalue weighted by Crippen LogP contribution is -2.16. The van der Waals surface area contributed by atoms with Gasteiger partial charge in [0.05, 0.1) is 58.9 Å². The van der Waals surface area contributed by atoms with Crippen LogP contribution in [0.25, 0.3) is 0 Å². The molecule has 0 amide bonds. The standard InChI is InChI=1S/2C4H8O2.C2H3N/c2*1-2-6-4-3-5-1;1-2-3/h2*1-4H2;1H3. The van der Waals surface area contributed by atoms with E-state index in [0.717, 1.165) is 52.9 Å². The highest BCUT2D eigenvalue weighted by Gasteiger charge is 1.94. The number of hydrogen-bond acceptors (Lipinski definition) is 5. The van der Waals surface area contributed by atoms with Crippen LogP contribution in [0.5, 0.6) is 0 Å². The summed E-state index contributed by atoms with van der Waals surface area (Å²) >= 11 is 0. The Balaban J connectivity index is 0.000000210. The third kappa shape index (κ3) is 13.3. The lowest BCUT2D eigenvalue weighted by molar-refractivity contribution is -0.0334. The molecule has 0 unspecified atom stereocenters. The van der Waals surface area contributed by atoms with Gasteiger partial charge in [0.15, 0.2) is 0 Å². The van der Waals surface area contributed by atoms with E-state index in [1.165, 1.54) is 6.92 Å². The van der Waals surface area contributed by atoms with Gasteiger partial charge in [-0.1, -0.05) is 0 Å². The highest BCUT2D eigenvalue weighted by Crippen LogP contribution is 1.85. The van der Waals surface area contributed by atoms with Crippen molar-refractivity contribution in [1.29, 1.82) is 5.26 Å².